The van der Waals surface area contributed by atoms with Crippen LogP contribution in [0.3, 0.4) is 0 Å². The highest BCUT2D eigenvalue weighted by atomic mass is 32.2. The summed E-state index contributed by atoms with van der Waals surface area (Å²) in [5.41, 5.74) is 0.549. The van der Waals surface area contributed by atoms with Crippen LogP contribution < -0.4 is 5.32 Å². The number of imidazole rings is 1. The van der Waals surface area contributed by atoms with E-state index >= 15 is 0 Å². The van der Waals surface area contributed by atoms with Crippen LogP contribution in [0.2, 0.25) is 0 Å². The van der Waals surface area contributed by atoms with Gasteiger partial charge in [0.2, 0.25) is 0 Å². The first-order chi connectivity index (χ1) is 11.8. The number of benzene rings is 1. The molecule has 25 heavy (non-hydrogen) atoms. The van der Waals surface area contributed by atoms with Gasteiger partial charge in [-0.25, -0.2) is 14.6 Å². The van der Waals surface area contributed by atoms with Crippen LogP contribution in [0.5, 0.6) is 0 Å². The summed E-state index contributed by atoms with van der Waals surface area (Å²) in [6.45, 7) is 3.01. The lowest BCUT2D eigenvalue weighted by Crippen LogP contribution is -2.42. The van der Waals surface area contributed by atoms with E-state index in [1.807, 2.05) is 42.1 Å². The number of esters is 2. The van der Waals surface area contributed by atoms with E-state index in [2.05, 4.69) is 10.3 Å². The number of aromatic nitrogens is 2. The topological polar surface area (TPSA) is 82.5 Å². The quantitative estimate of drug-likeness (QED) is 0.510. The number of nitrogens with zero attached hydrogens (tertiary/aromatic N) is 2. The van der Waals surface area contributed by atoms with Crippen molar-refractivity contribution < 1.29 is 19.1 Å². The van der Waals surface area contributed by atoms with E-state index in [0.29, 0.717) is 0 Å². The summed E-state index contributed by atoms with van der Waals surface area (Å²) < 4.78 is 12.0. The van der Waals surface area contributed by atoms with Gasteiger partial charge in [0.05, 0.1) is 0 Å². The molecule has 1 saturated heterocycles. The molecular formula is C17H17N3O4S. The molecule has 0 radical (unpaired) electrons. The van der Waals surface area contributed by atoms with Crippen LogP contribution in [0.1, 0.15) is 13.8 Å². The van der Waals surface area contributed by atoms with Crippen molar-refractivity contribution in [1.29, 1.82) is 0 Å². The second kappa shape index (κ2) is 6.64. The van der Waals surface area contributed by atoms with E-state index in [4.69, 9.17) is 9.47 Å². The van der Waals surface area contributed by atoms with E-state index in [0.717, 1.165) is 15.7 Å². The van der Waals surface area contributed by atoms with Gasteiger partial charge in [0.25, 0.3) is 5.79 Å². The fourth-order valence-electron chi connectivity index (χ4n) is 2.11. The standard InChI is InChI=1S/C17H17N3O4S/c1-17(2)23-14(21)13(15(22)24-17)10-19-11-4-6-12(7-5-11)25-16-18-8-9-20(16)3/h4-10,19H,1-3H3. The van der Waals surface area contributed by atoms with Crippen LogP contribution in [-0.2, 0) is 26.1 Å². The van der Waals surface area contributed by atoms with E-state index < -0.39 is 17.7 Å². The monoisotopic (exact) mass is 359 g/mol. The summed E-state index contributed by atoms with van der Waals surface area (Å²) in [5.74, 6) is -2.67. The molecule has 0 spiro atoms. The minimum absolute atomic E-state index is 0.175. The molecular weight excluding hydrogens is 342 g/mol. The third kappa shape index (κ3) is 4.03. The van der Waals surface area contributed by atoms with Crippen LogP contribution in [-0.4, -0.2) is 27.3 Å². The molecule has 0 bridgehead atoms. The molecule has 7 nitrogen and oxygen atoms in total. The van der Waals surface area contributed by atoms with Crippen LogP contribution in [0.4, 0.5) is 5.69 Å². The molecule has 8 heteroatoms. The van der Waals surface area contributed by atoms with Gasteiger partial charge in [-0.3, -0.25) is 0 Å². The van der Waals surface area contributed by atoms with E-state index in [1.54, 1.807) is 6.20 Å². The molecule has 0 saturated carbocycles. The van der Waals surface area contributed by atoms with Crippen LogP contribution >= 0.6 is 11.8 Å². The first-order valence-electron chi connectivity index (χ1n) is 7.53. The average molecular weight is 359 g/mol. The molecule has 0 atom stereocenters. The highest BCUT2D eigenvalue weighted by molar-refractivity contribution is 7.99. The molecule has 0 amide bonds. The molecule has 1 aliphatic heterocycles. The van der Waals surface area contributed by atoms with Crippen molar-refractivity contribution in [3.8, 4) is 0 Å². The number of cyclic esters (lactones) is 2. The van der Waals surface area contributed by atoms with Gasteiger partial charge in [-0.1, -0.05) is 11.8 Å². The fourth-order valence-corrected chi connectivity index (χ4v) is 2.91. The maximum absolute atomic E-state index is 11.9. The Balaban J connectivity index is 1.66. The summed E-state index contributed by atoms with van der Waals surface area (Å²) in [4.78, 5) is 29.0. The van der Waals surface area contributed by atoms with Gasteiger partial charge < -0.3 is 19.4 Å². The lowest BCUT2D eigenvalue weighted by Gasteiger charge is -2.29. The number of rotatable bonds is 4. The van der Waals surface area contributed by atoms with E-state index in [9.17, 15) is 9.59 Å². The van der Waals surface area contributed by atoms with Crippen LogP contribution in [0.25, 0.3) is 0 Å². The lowest BCUT2D eigenvalue weighted by molar-refractivity contribution is -0.222. The summed E-state index contributed by atoms with van der Waals surface area (Å²) in [6, 6.07) is 7.51. The van der Waals surface area contributed by atoms with Crippen molar-refractivity contribution in [3.05, 3.63) is 48.4 Å². The molecule has 1 aliphatic rings. The number of carbonyl (C=O) groups excluding carboxylic acids is 2. The number of nitrogens with one attached hydrogen (secondary N) is 1. The fraction of sp³-hybridized carbons (Fsp3) is 0.235. The van der Waals surface area contributed by atoms with Gasteiger partial charge in [0.15, 0.2) is 10.7 Å². The van der Waals surface area contributed by atoms with Gasteiger partial charge in [-0.2, -0.15) is 0 Å². The predicted octanol–water partition coefficient (Wildman–Crippen LogP) is 2.70. The second-order valence-corrected chi connectivity index (χ2v) is 6.87. The van der Waals surface area contributed by atoms with E-state index in [1.165, 1.54) is 31.8 Å². The summed E-state index contributed by atoms with van der Waals surface area (Å²) in [5, 5.41) is 3.79. The highest BCUT2D eigenvalue weighted by Gasteiger charge is 2.38. The van der Waals surface area contributed by atoms with Crippen molar-refractivity contribution in [3.63, 3.8) is 0 Å². The molecule has 130 valence electrons. The molecule has 0 aliphatic carbocycles. The second-order valence-electron chi connectivity index (χ2n) is 5.83. The SMILES string of the molecule is Cn1ccnc1Sc1ccc(NC=C2C(=O)OC(C)(C)OC2=O)cc1. The number of ether oxygens (including phenoxy) is 2. The Bertz CT molecular complexity index is 818. The molecule has 3 rings (SSSR count). The average Bonchev–Trinajstić information content (AvgIpc) is 2.92. The Kier molecular flexibility index (Phi) is 4.54. The lowest BCUT2D eigenvalue weighted by atomic mass is 10.2. The summed E-state index contributed by atoms with van der Waals surface area (Å²) >= 11 is 1.54. The van der Waals surface area contributed by atoms with Crippen molar-refractivity contribution in [2.45, 2.75) is 29.7 Å². The van der Waals surface area contributed by atoms with Crippen molar-refractivity contribution >= 4 is 29.4 Å². The van der Waals surface area contributed by atoms with Crippen LogP contribution in [0, 0.1) is 0 Å². The van der Waals surface area contributed by atoms with Gasteiger partial charge in [-0.05, 0) is 24.3 Å². The largest absolute Gasteiger partial charge is 0.419 e. The zero-order valence-electron chi connectivity index (χ0n) is 14.0. The van der Waals surface area contributed by atoms with Crippen LogP contribution in [0.15, 0.2) is 58.5 Å². The summed E-state index contributed by atoms with van der Waals surface area (Å²) in [7, 11) is 1.93. The van der Waals surface area contributed by atoms with E-state index in [-0.39, 0.29) is 5.57 Å². The Morgan fingerprint density at radius 2 is 1.80 bits per heavy atom. The van der Waals surface area contributed by atoms with Gasteiger partial charge >= 0.3 is 11.9 Å². The van der Waals surface area contributed by atoms with Crippen molar-refractivity contribution in [2.75, 3.05) is 5.32 Å². The summed E-state index contributed by atoms with van der Waals surface area (Å²) in [6.07, 6.45) is 4.92. The molecule has 1 aromatic carbocycles. The first kappa shape index (κ1) is 17.1. The third-order valence-electron chi connectivity index (χ3n) is 3.34. The molecule has 2 aromatic rings. The zero-order valence-corrected chi connectivity index (χ0v) is 14.8. The predicted molar refractivity (Wildman–Crippen MR) is 91.7 cm³/mol. The van der Waals surface area contributed by atoms with Gasteiger partial charge in [-0.15, -0.1) is 0 Å². The Hall–Kier alpha value is -2.74. The Morgan fingerprint density at radius 3 is 2.36 bits per heavy atom. The number of hydrogen-bond donors (Lipinski definition) is 1. The highest BCUT2D eigenvalue weighted by Crippen LogP contribution is 2.27. The Morgan fingerprint density at radius 1 is 1.16 bits per heavy atom. The Labute approximate surface area is 149 Å². The minimum atomic E-state index is -1.24. The maximum Gasteiger partial charge on any atom is 0.350 e. The van der Waals surface area contributed by atoms with Crippen molar-refractivity contribution in [2.24, 2.45) is 7.05 Å². The number of aryl methyl sites for hydroxylation is 1. The third-order valence-corrected chi connectivity index (χ3v) is 4.42. The molecule has 1 aromatic heterocycles. The van der Waals surface area contributed by atoms with Gasteiger partial charge in [0, 0.05) is 50.1 Å². The smallest absolute Gasteiger partial charge is 0.350 e. The first-order valence-corrected chi connectivity index (χ1v) is 8.34. The molecule has 1 N–H and O–H groups in total. The van der Waals surface area contributed by atoms with Gasteiger partial charge in [0.1, 0.15) is 0 Å². The minimum Gasteiger partial charge on any atom is -0.419 e. The van der Waals surface area contributed by atoms with Crippen molar-refractivity contribution in [1.82, 2.24) is 9.55 Å². The number of carbonyl (C=O) groups is 2. The normalized spacial score (nSPS) is 16.2. The molecule has 0 unspecified atom stereocenters. The number of hydrogen-bond acceptors (Lipinski definition) is 7. The number of anilines is 1. The molecule has 2 heterocycles. The maximum atomic E-state index is 11.9. The molecule has 1 fully saturated rings. The zero-order chi connectivity index (χ0) is 18.0.